The second-order valence-electron chi connectivity index (χ2n) is 5.99. The Morgan fingerprint density at radius 1 is 1.11 bits per heavy atom. The predicted octanol–water partition coefficient (Wildman–Crippen LogP) is 3.39. The van der Waals surface area contributed by atoms with Gasteiger partial charge in [-0.3, -0.25) is 9.10 Å². The Labute approximate surface area is 171 Å². The van der Waals surface area contributed by atoms with Crippen LogP contribution in [0.15, 0.2) is 58.3 Å². The number of sulfonamides is 1. The van der Waals surface area contributed by atoms with Gasteiger partial charge in [-0.2, -0.15) is 0 Å². The SMILES string of the molecule is CCN(c1ccc(C(=O)NCCCOC)cc1)S(=O)(=O)c1ccc(SC)cc1. The van der Waals surface area contributed by atoms with Crippen LogP contribution in [0.25, 0.3) is 0 Å². The molecular weight excluding hydrogens is 396 g/mol. The van der Waals surface area contributed by atoms with Gasteiger partial charge in [-0.25, -0.2) is 8.42 Å². The Bertz CT molecular complexity index is 866. The quantitative estimate of drug-likeness (QED) is 0.469. The monoisotopic (exact) mass is 422 g/mol. The summed E-state index contributed by atoms with van der Waals surface area (Å²) in [7, 11) is -2.06. The highest BCUT2D eigenvalue weighted by molar-refractivity contribution is 7.98. The van der Waals surface area contributed by atoms with E-state index in [0.717, 1.165) is 11.3 Å². The first-order chi connectivity index (χ1) is 13.4. The number of benzene rings is 2. The second kappa shape index (κ2) is 10.5. The van der Waals surface area contributed by atoms with E-state index in [0.29, 0.717) is 24.4 Å². The zero-order chi connectivity index (χ0) is 20.6. The molecular formula is C20H26N2O4S2. The van der Waals surface area contributed by atoms with Crippen LogP contribution in [0, 0.1) is 0 Å². The van der Waals surface area contributed by atoms with Crippen molar-refractivity contribution in [2.75, 3.05) is 37.4 Å². The molecule has 6 nitrogen and oxygen atoms in total. The van der Waals surface area contributed by atoms with Crippen molar-refractivity contribution in [3.63, 3.8) is 0 Å². The average Bonchev–Trinajstić information content (AvgIpc) is 2.72. The molecule has 0 heterocycles. The van der Waals surface area contributed by atoms with Crippen molar-refractivity contribution in [1.82, 2.24) is 5.32 Å². The summed E-state index contributed by atoms with van der Waals surface area (Å²) in [5.74, 6) is -0.193. The molecule has 0 saturated carbocycles. The lowest BCUT2D eigenvalue weighted by Gasteiger charge is -2.23. The summed E-state index contributed by atoms with van der Waals surface area (Å²) >= 11 is 1.56. The van der Waals surface area contributed by atoms with Crippen LogP contribution in [-0.4, -0.2) is 47.4 Å². The third-order valence-electron chi connectivity index (χ3n) is 4.16. The molecule has 0 fully saturated rings. The number of anilines is 1. The first kappa shape index (κ1) is 22.3. The number of nitrogens with zero attached hydrogens (tertiary/aromatic N) is 1. The Morgan fingerprint density at radius 2 is 1.75 bits per heavy atom. The standard InChI is InChI=1S/C20H26N2O4S2/c1-4-22(28(24,25)19-12-10-18(27-3)11-13-19)17-8-6-16(7-9-17)20(23)21-14-5-15-26-2/h6-13H,4-5,14-15H2,1-3H3,(H,21,23). The van der Waals surface area contributed by atoms with Gasteiger partial charge in [-0.15, -0.1) is 11.8 Å². The van der Waals surface area contributed by atoms with Crippen molar-refractivity contribution >= 4 is 33.4 Å². The highest BCUT2D eigenvalue weighted by atomic mass is 32.2. The molecule has 2 rings (SSSR count). The van der Waals surface area contributed by atoms with Crippen molar-refractivity contribution in [3.8, 4) is 0 Å². The normalized spacial score (nSPS) is 11.2. The van der Waals surface area contributed by atoms with Crippen LogP contribution in [0.5, 0.6) is 0 Å². The first-order valence-electron chi connectivity index (χ1n) is 8.98. The minimum atomic E-state index is -3.67. The fourth-order valence-corrected chi connectivity index (χ4v) is 4.55. The lowest BCUT2D eigenvalue weighted by molar-refractivity contribution is 0.0948. The van der Waals surface area contributed by atoms with E-state index in [1.807, 2.05) is 6.26 Å². The third-order valence-corrected chi connectivity index (χ3v) is 6.82. The number of hydrogen-bond donors (Lipinski definition) is 1. The zero-order valence-corrected chi connectivity index (χ0v) is 18.0. The number of thioether (sulfide) groups is 1. The number of hydrogen-bond acceptors (Lipinski definition) is 5. The van der Waals surface area contributed by atoms with E-state index < -0.39 is 10.0 Å². The van der Waals surface area contributed by atoms with Crippen molar-refractivity contribution in [2.45, 2.75) is 23.1 Å². The van der Waals surface area contributed by atoms with Gasteiger partial charge in [0.05, 0.1) is 10.6 Å². The molecule has 0 unspecified atom stereocenters. The molecule has 8 heteroatoms. The summed E-state index contributed by atoms with van der Waals surface area (Å²) in [5, 5.41) is 2.81. The van der Waals surface area contributed by atoms with Gasteiger partial charge >= 0.3 is 0 Å². The number of amides is 1. The molecule has 0 spiro atoms. The number of rotatable bonds is 10. The summed E-state index contributed by atoms with van der Waals surface area (Å²) in [6, 6.07) is 13.4. The maximum Gasteiger partial charge on any atom is 0.264 e. The largest absolute Gasteiger partial charge is 0.385 e. The van der Waals surface area contributed by atoms with E-state index in [1.165, 1.54) is 4.31 Å². The van der Waals surface area contributed by atoms with Gasteiger partial charge in [-0.05, 0) is 68.1 Å². The van der Waals surface area contributed by atoms with Crippen molar-refractivity contribution in [2.24, 2.45) is 0 Å². The summed E-state index contributed by atoms with van der Waals surface area (Å²) in [5.41, 5.74) is 1.01. The van der Waals surface area contributed by atoms with E-state index in [9.17, 15) is 13.2 Å². The number of carbonyl (C=O) groups is 1. The molecule has 0 radical (unpaired) electrons. The highest BCUT2D eigenvalue weighted by Gasteiger charge is 2.23. The summed E-state index contributed by atoms with van der Waals surface area (Å²) in [6.07, 6.45) is 2.68. The Kier molecular flexibility index (Phi) is 8.35. The molecule has 0 aliphatic carbocycles. The predicted molar refractivity (Wildman–Crippen MR) is 114 cm³/mol. The Hall–Kier alpha value is -2.03. The lowest BCUT2D eigenvalue weighted by Crippen LogP contribution is -2.31. The molecule has 28 heavy (non-hydrogen) atoms. The Morgan fingerprint density at radius 3 is 2.29 bits per heavy atom. The smallest absolute Gasteiger partial charge is 0.264 e. The van der Waals surface area contributed by atoms with Crippen LogP contribution in [-0.2, 0) is 14.8 Å². The van der Waals surface area contributed by atoms with Gasteiger partial charge in [0.15, 0.2) is 0 Å². The van der Waals surface area contributed by atoms with Gasteiger partial charge in [0, 0.05) is 37.3 Å². The van der Waals surface area contributed by atoms with Gasteiger partial charge in [0.1, 0.15) is 0 Å². The van der Waals surface area contributed by atoms with Crippen LogP contribution < -0.4 is 9.62 Å². The summed E-state index contributed by atoms with van der Waals surface area (Å²) < 4.78 is 32.3. The van der Waals surface area contributed by atoms with Crippen LogP contribution in [0.3, 0.4) is 0 Å². The molecule has 0 atom stereocenters. The van der Waals surface area contributed by atoms with Gasteiger partial charge in [0.2, 0.25) is 0 Å². The van der Waals surface area contributed by atoms with Crippen LogP contribution in [0.4, 0.5) is 5.69 Å². The molecule has 1 amide bonds. The number of ether oxygens (including phenoxy) is 1. The van der Waals surface area contributed by atoms with Crippen molar-refractivity contribution < 1.29 is 17.9 Å². The molecule has 0 bridgehead atoms. The van der Waals surface area contributed by atoms with E-state index in [1.54, 1.807) is 74.3 Å². The number of methoxy groups -OCH3 is 1. The molecule has 0 aliphatic heterocycles. The van der Waals surface area contributed by atoms with Crippen LogP contribution in [0.2, 0.25) is 0 Å². The summed E-state index contributed by atoms with van der Waals surface area (Å²) in [6.45, 7) is 3.18. The molecule has 0 aliphatic rings. The highest BCUT2D eigenvalue weighted by Crippen LogP contribution is 2.25. The van der Waals surface area contributed by atoms with Crippen molar-refractivity contribution in [1.29, 1.82) is 0 Å². The fourth-order valence-electron chi connectivity index (χ4n) is 2.67. The summed E-state index contributed by atoms with van der Waals surface area (Å²) in [4.78, 5) is 13.4. The minimum absolute atomic E-state index is 0.193. The number of carbonyl (C=O) groups excluding carboxylic acids is 1. The fraction of sp³-hybridized carbons (Fsp3) is 0.350. The lowest BCUT2D eigenvalue weighted by atomic mass is 10.2. The molecule has 2 aromatic rings. The van der Waals surface area contributed by atoms with Crippen molar-refractivity contribution in [3.05, 3.63) is 54.1 Å². The third kappa shape index (κ3) is 5.50. The average molecular weight is 423 g/mol. The van der Waals surface area contributed by atoms with E-state index >= 15 is 0 Å². The van der Waals surface area contributed by atoms with E-state index in [-0.39, 0.29) is 17.3 Å². The molecule has 1 N–H and O–H groups in total. The maximum absolute atomic E-state index is 13.0. The Balaban J connectivity index is 2.16. The zero-order valence-electron chi connectivity index (χ0n) is 16.3. The van der Waals surface area contributed by atoms with E-state index in [2.05, 4.69) is 5.32 Å². The molecule has 0 aromatic heterocycles. The molecule has 2 aromatic carbocycles. The number of nitrogens with one attached hydrogen (secondary N) is 1. The first-order valence-corrected chi connectivity index (χ1v) is 11.6. The van der Waals surface area contributed by atoms with Crippen LogP contribution in [0.1, 0.15) is 23.7 Å². The minimum Gasteiger partial charge on any atom is -0.385 e. The van der Waals surface area contributed by atoms with Gasteiger partial charge < -0.3 is 10.1 Å². The maximum atomic E-state index is 13.0. The van der Waals surface area contributed by atoms with Crippen LogP contribution >= 0.6 is 11.8 Å². The van der Waals surface area contributed by atoms with Gasteiger partial charge in [0.25, 0.3) is 15.9 Å². The van der Waals surface area contributed by atoms with E-state index in [4.69, 9.17) is 4.74 Å². The molecule has 152 valence electrons. The topological polar surface area (TPSA) is 75.7 Å². The van der Waals surface area contributed by atoms with Gasteiger partial charge in [-0.1, -0.05) is 0 Å². The second-order valence-corrected chi connectivity index (χ2v) is 8.74. The molecule has 0 saturated heterocycles.